The van der Waals surface area contributed by atoms with E-state index in [4.69, 9.17) is 5.73 Å². The average Bonchev–Trinajstić information content (AvgIpc) is 2.19. The standard InChI is InChI=1S/C11H19N3O/c1-9(15)8-14(2)11(7-12)10-5-3-4-6-13-10/h3-6,9,11,15H,7-8,12H2,1-2H3. The lowest BCUT2D eigenvalue weighted by molar-refractivity contribution is 0.118. The van der Waals surface area contributed by atoms with Gasteiger partial charge < -0.3 is 10.8 Å². The normalized spacial score (nSPS) is 15.3. The molecule has 0 saturated heterocycles. The van der Waals surface area contributed by atoms with Crippen LogP contribution in [0.15, 0.2) is 24.4 Å². The summed E-state index contributed by atoms with van der Waals surface area (Å²) in [5, 5.41) is 9.31. The molecule has 2 unspecified atom stereocenters. The van der Waals surface area contributed by atoms with Crippen LogP contribution in [0.1, 0.15) is 18.7 Å². The summed E-state index contributed by atoms with van der Waals surface area (Å²) in [6.45, 7) is 2.86. The minimum atomic E-state index is -0.354. The second-order valence-corrected chi connectivity index (χ2v) is 3.79. The van der Waals surface area contributed by atoms with Gasteiger partial charge in [-0.05, 0) is 26.1 Å². The van der Waals surface area contributed by atoms with Gasteiger partial charge in [-0.15, -0.1) is 0 Å². The van der Waals surface area contributed by atoms with Crippen LogP contribution in [0.2, 0.25) is 0 Å². The van der Waals surface area contributed by atoms with Crippen LogP contribution in [0.3, 0.4) is 0 Å². The third-order valence-corrected chi connectivity index (χ3v) is 2.34. The Balaban J connectivity index is 2.71. The highest BCUT2D eigenvalue weighted by Gasteiger charge is 2.17. The van der Waals surface area contributed by atoms with Crippen LogP contribution in [0.5, 0.6) is 0 Å². The van der Waals surface area contributed by atoms with Gasteiger partial charge in [0.15, 0.2) is 0 Å². The van der Waals surface area contributed by atoms with E-state index in [-0.39, 0.29) is 12.1 Å². The summed E-state index contributed by atoms with van der Waals surface area (Å²) < 4.78 is 0. The van der Waals surface area contributed by atoms with Crippen molar-refractivity contribution in [2.45, 2.75) is 19.1 Å². The van der Waals surface area contributed by atoms with Crippen molar-refractivity contribution in [2.24, 2.45) is 5.73 Å². The lowest BCUT2D eigenvalue weighted by Gasteiger charge is -2.27. The van der Waals surface area contributed by atoms with Crippen molar-refractivity contribution in [3.8, 4) is 0 Å². The van der Waals surface area contributed by atoms with Gasteiger partial charge in [-0.3, -0.25) is 9.88 Å². The SMILES string of the molecule is CC(O)CN(C)C(CN)c1ccccn1. The Kier molecular flexibility index (Phi) is 4.68. The molecule has 15 heavy (non-hydrogen) atoms. The monoisotopic (exact) mass is 209 g/mol. The third-order valence-electron chi connectivity index (χ3n) is 2.34. The fourth-order valence-corrected chi connectivity index (χ4v) is 1.64. The number of nitrogens with zero attached hydrogens (tertiary/aromatic N) is 2. The molecule has 1 aromatic heterocycles. The second-order valence-electron chi connectivity index (χ2n) is 3.79. The van der Waals surface area contributed by atoms with Gasteiger partial charge in [0.05, 0.1) is 17.8 Å². The first-order valence-corrected chi connectivity index (χ1v) is 5.14. The van der Waals surface area contributed by atoms with Crippen molar-refractivity contribution in [3.05, 3.63) is 30.1 Å². The van der Waals surface area contributed by atoms with Gasteiger partial charge in [-0.2, -0.15) is 0 Å². The van der Waals surface area contributed by atoms with E-state index in [9.17, 15) is 5.11 Å². The van der Waals surface area contributed by atoms with E-state index in [2.05, 4.69) is 4.98 Å². The van der Waals surface area contributed by atoms with E-state index in [0.29, 0.717) is 13.1 Å². The fourth-order valence-electron chi connectivity index (χ4n) is 1.64. The van der Waals surface area contributed by atoms with E-state index in [1.165, 1.54) is 0 Å². The Labute approximate surface area is 90.7 Å². The molecule has 2 atom stereocenters. The van der Waals surface area contributed by atoms with Crippen LogP contribution in [-0.2, 0) is 0 Å². The van der Waals surface area contributed by atoms with Gasteiger partial charge in [-0.1, -0.05) is 6.07 Å². The molecular formula is C11H19N3O. The first-order valence-electron chi connectivity index (χ1n) is 5.14. The molecule has 0 aliphatic carbocycles. The Morgan fingerprint density at radius 1 is 1.53 bits per heavy atom. The third kappa shape index (κ3) is 3.58. The van der Waals surface area contributed by atoms with Gasteiger partial charge in [0, 0.05) is 19.3 Å². The summed E-state index contributed by atoms with van der Waals surface area (Å²) >= 11 is 0. The molecule has 4 heteroatoms. The van der Waals surface area contributed by atoms with Crippen LogP contribution in [-0.4, -0.2) is 41.2 Å². The Hall–Kier alpha value is -0.970. The van der Waals surface area contributed by atoms with Crippen molar-refractivity contribution >= 4 is 0 Å². The zero-order valence-corrected chi connectivity index (χ0v) is 9.30. The van der Waals surface area contributed by atoms with Gasteiger partial charge >= 0.3 is 0 Å². The van der Waals surface area contributed by atoms with Crippen molar-refractivity contribution in [1.82, 2.24) is 9.88 Å². The highest BCUT2D eigenvalue weighted by molar-refractivity contribution is 5.09. The fraction of sp³-hybridized carbons (Fsp3) is 0.545. The number of aliphatic hydroxyl groups is 1. The maximum Gasteiger partial charge on any atom is 0.0642 e. The predicted molar refractivity (Wildman–Crippen MR) is 60.3 cm³/mol. The average molecular weight is 209 g/mol. The number of pyridine rings is 1. The Morgan fingerprint density at radius 2 is 2.27 bits per heavy atom. The number of aliphatic hydroxyl groups excluding tert-OH is 1. The summed E-state index contributed by atoms with van der Waals surface area (Å²) in [7, 11) is 1.94. The molecule has 1 rings (SSSR count). The molecule has 3 N–H and O–H groups in total. The molecule has 0 amide bonds. The quantitative estimate of drug-likeness (QED) is 0.736. The largest absolute Gasteiger partial charge is 0.392 e. The topological polar surface area (TPSA) is 62.4 Å². The minimum Gasteiger partial charge on any atom is -0.392 e. The number of rotatable bonds is 5. The molecule has 1 heterocycles. The van der Waals surface area contributed by atoms with Crippen molar-refractivity contribution in [1.29, 1.82) is 0 Å². The van der Waals surface area contributed by atoms with Gasteiger partial charge in [0.25, 0.3) is 0 Å². The zero-order chi connectivity index (χ0) is 11.3. The highest BCUT2D eigenvalue weighted by atomic mass is 16.3. The van der Waals surface area contributed by atoms with E-state index >= 15 is 0 Å². The lowest BCUT2D eigenvalue weighted by Crippen LogP contribution is -2.35. The van der Waals surface area contributed by atoms with Gasteiger partial charge in [0.1, 0.15) is 0 Å². The second kappa shape index (κ2) is 5.80. The molecule has 0 bridgehead atoms. The van der Waals surface area contributed by atoms with Crippen LogP contribution >= 0.6 is 0 Å². The van der Waals surface area contributed by atoms with Crippen LogP contribution in [0.25, 0.3) is 0 Å². The van der Waals surface area contributed by atoms with Crippen molar-refractivity contribution in [3.63, 3.8) is 0 Å². The van der Waals surface area contributed by atoms with Gasteiger partial charge in [0.2, 0.25) is 0 Å². The molecule has 4 nitrogen and oxygen atoms in total. The molecule has 1 aromatic rings. The highest BCUT2D eigenvalue weighted by Crippen LogP contribution is 2.15. The number of hydrogen-bond donors (Lipinski definition) is 2. The van der Waals surface area contributed by atoms with Crippen LogP contribution < -0.4 is 5.73 Å². The Bertz CT molecular complexity index is 276. The maximum absolute atomic E-state index is 9.31. The predicted octanol–water partition coefficient (Wildman–Crippen LogP) is 0.394. The molecule has 0 spiro atoms. The molecule has 0 radical (unpaired) electrons. The smallest absolute Gasteiger partial charge is 0.0642 e. The molecule has 0 fully saturated rings. The van der Waals surface area contributed by atoms with E-state index in [1.807, 2.05) is 30.1 Å². The van der Waals surface area contributed by atoms with Crippen LogP contribution in [0.4, 0.5) is 0 Å². The summed E-state index contributed by atoms with van der Waals surface area (Å²) in [5.74, 6) is 0. The Morgan fingerprint density at radius 3 is 2.73 bits per heavy atom. The molecule has 84 valence electrons. The first-order chi connectivity index (χ1) is 7.15. The number of aromatic nitrogens is 1. The first kappa shape index (κ1) is 12.1. The molecular weight excluding hydrogens is 190 g/mol. The van der Waals surface area contributed by atoms with E-state index in [1.54, 1.807) is 13.1 Å². The molecule has 0 saturated carbocycles. The molecule has 0 aliphatic heterocycles. The number of nitrogens with two attached hydrogens (primary N) is 1. The van der Waals surface area contributed by atoms with Gasteiger partial charge in [-0.25, -0.2) is 0 Å². The summed E-state index contributed by atoms with van der Waals surface area (Å²) in [4.78, 5) is 6.30. The summed E-state index contributed by atoms with van der Waals surface area (Å²) in [5.41, 5.74) is 6.67. The molecule has 0 aromatic carbocycles. The summed E-state index contributed by atoms with van der Waals surface area (Å²) in [6.07, 6.45) is 1.40. The van der Waals surface area contributed by atoms with E-state index < -0.39 is 0 Å². The maximum atomic E-state index is 9.31. The minimum absolute atomic E-state index is 0.0702. The molecule has 0 aliphatic rings. The summed E-state index contributed by atoms with van der Waals surface area (Å²) in [6, 6.07) is 5.85. The number of likely N-dealkylation sites (N-methyl/N-ethyl adjacent to an activating group) is 1. The zero-order valence-electron chi connectivity index (χ0n) is 9.30. The van der Waals surface area contributed by atoms with E-state index in [0.717, 1.165) is 5.69 Å². The van der Waals surface area contributed by atoms with Crippen molar-refractivity contribution in [2.75, 3.05) is 20.1 Å². The lowest BCUT2D eigenvalue weighted by atomic mass is 10.1. The van der Waals surface area contributed by atoms with Crippen LogP contribution in [0, 0.1) is 0 Å². The number of hydrogen-bond acceptors (Lipinski definition) is 4. The van der Waals surface area contributed by atoms with Crippen molar-refractivity contribution < 1.29 is 5.11 Å².